The van der Waals surface area contributed by atoms with Crippen LogP contribution in [0.5, 0.6) is 0 Å². The molecule has 7 nitrogen and oxygen atoms in total. The number of rotatable bonds is 7. The van der Waals surface area contributed by atoms with Crippen LogP contribution in [-0.4, -0.2) is 41.5 Å². The second-order valence-corrected chi connectivity index (χ2v) is 10.7. The number of carbonyl (C=O) groups excluding carboxylic acids is 1. The third kappa shape index (κ3) is 5.51. The van der Waals surface area contributed by atoms with Gasteiger partial charge in [0.25, 0.3) is 0 Å². The molecule has 2 aromatic carbocycles. The van der Waals surface area contributed by atoms with Gasteiger partial charge in [0.2, 0.25) is 15.9 Å². The van der Waals surface area contributed by atoms with E-state index in [0.717, 1.165) is 11.1 Å². The molecule has 1 saturated heterocycles. The van der Waals surface area contributed by atoms with E-state index in [4.69, 9.17) is 0 Å². The summed E-state index contributed by atoms with van der Waals surface area (Å²) in [6, 6.07) is 18.9. The van der Waals surface area contributed by atoms with E-state index >= 15 is 0 Å². The number of nitrogens with zero attached hydrogens (tertiary/aromatic N) is 3. The molecule has 0 saturated carbocycles. The normalized spacial score (nSPS) is 15.6. The molecule has 174 valence electrons. The predicted octanol–water partition coefficient (Wildman–Crippen LogP) is 4.09. The Morgan fingerprint density at radius 2 is 1.70 bits per heavy atom. The number of benzene rings is 2. The molecule has 1 N–H and O–H groups in total. The highest BCUT2D eigenvalue weighted by molar-refractivity contribution is 7.89. The van der Waals surface area contributed by atoms with Gasteiger partial charge in [-0.05, 0) is 42.0 Å². The average molecular weight is 467 g/mol. The fourth-order valence-corrected chi connectivity index (χ4v) is 5.52. The summed E-state index contributed by atoms with van der Waals surface area (Å²) in [6.07, 6.45) is 2.81. The lowest BCUT2D eigenvalue weighted by Gasteiger charge is -2.30. The molecule has 1 fully saturated rings. The standard InChI is InChI=1S/C25H30N4O3S/c1-19(2)21-8-10-23(11-9-21)33(31,32)29-16-12-22(13-17-29)25(30)26-24-14-15-28(27-24)18-20-6-4-3-5-7-20/h3-11,14-15,19,22H,12-13,16-18H2,1-2H3,(H,26,27,30). The van der Waals surface area contributed by atoms with E-state index in [-0.39, 0.29) is 11.8 Å². The molecular formula is C25H30N4O3S. The Morgan fingerprint density at radius 3 is 2.33 bits per heavy atom. The highest BCUT2D eigenvalue weighted by Gasteiger charge is 2.32. The maximum absolute atomic E-state index is 13.0. The molecule has 0 spiro atoms. The fourth-order valence-electron chi connectivity index (χ4n) is 4.05. The lowest BCUT2D eigenvalue weighted by atomic mass is 9.97. The van der Waals surface area contributed by atoms with Crippen LogP contribution in [0.1, 0.15) is 43.7 Å². The van der Waals surface area contributed by atoms with Gasteiger partial charge in [-0.1, -0.05) is 56.3 Å². The Kier molecular flexibility index (Phi) is 6.95. The van der Waals surface area contributed by atoms with Crippen LogP contribution in [0.15, 0.2) is 71.8 Å². The molecule has 0 radical (unpaired) electrons. The molecule has 1 aliphatic rings. The second-order valence-electron chi connectivity index (χ2n) is 8.78. The van der Waals surface area contributed by atoms with Gasteiger partial charge in [0, 0.05) is 31.3 Å². The van der Waals surface area contributed by atoms with Crippen molar-refractivity contribution in [2.75, 3.05) is 18.4 Å². The van der Waals surface area contributed by atoms with E-state index in [1.807, 2.05) is 48.7 Å². The number of hydrogen-bond acceptors (Lipinski definition) is 4. The van der Waals surface area contributed by atoms with Gasteiger partial charge < -0.3 is 5.32 Å². The molecule has 1 amide bonds. The number of piperidine rings is 1. The van der Waals surface area contributed by atoms with Crippen molar-refractivity contribution in [3.8, 4) is 0 Å². The van der Waals surface area contributed by atoms with Crippen molar-refractivity contribution in [2.24, 2.45) is 5.92 Å². The number of carbonyl (C=O) groups is 1. The van der Waals surface area contributed by atoms with Crippen LogP contribution in [0, 0.1) is 5.92 Å². The smallest absolute Gasteiger partial charge is 0.243 e. The van der Waals surface area contributed by atoms with E-state index in [1.54, 1.807) is 22.9 Å². The molecular weight excluding hydrogens is 436 g/mol. The number of anilines is 1. The summed E-state index contributed by atoms with van der Waals surface area (Å²) in [5, 5.41) is 7.31. The van der Waals surface area contributed by atoms with E-state index in [2.05, 4.69) is 24.3 Å². The zero-order valence-corrected chi connectivity index (χ0v) is 19.8. The highest BCUT2D eigenvalue weighted by Crippen LogP contribution is 2.26. The van der Waals surface area contributed by atoms with Crippen LogP contribution in [0.2, 0.25) is 0 Å². The summed E-state index contributed by atoms with van der Waals surface area (Å²) in [5.74, 6) is 0.509. The lowest BCUT2D eigenvalue weighted by Crippen LogP contribution is -2.41. The zero-order chi connectivity index (χ0) is 23.4. The summed E-state index contributed by atoms with van der Waals surface area (Å²) in [7, 11) is -3.55. The summed E-state index contributed by atoms with van der Waals surface area (Å²) in [4.78, 5) is 13.0. The second kappa shape index (κ2) is 9.89. The van der Waals surface area contributed by atoms with Crippen molar-refractivity contribution < 1.29 is 13.2 Å². The molecule has 0 bridgehead atoms. The van der Waals surface area contributed by atoms with Crippen LogP contribution in [0.25, 0.3) is 0 Å². The largest absolute Gasteiger partial charge is 0.309 e. The molecule has 0 unspecified atom stereocenters. The number of hydrogen-bond donors (Lipinski definition) is 1. The number of aromatic nitrogens is 2. The van der Waals surface area contributed by atoms with Gasteiger partial charge in [-0.25, -0.2) is 8.42 Å². The Balaban J connectivity index is 1.31. The van der Waals surface area contributed by atoms with Crippen molar-refractivity contribution in [2.45, 2.75) is 44.0 Å². The zero-order valence-electron chi connectivity index (χ0n) is 19.0. The van der Waals surface area contributed by atoms with Crippen LogP contribution in [-0.2, 0) is 21.4 Å². The molecule has 33 heavy (non-hydrogen) atoms. The average Bonchev–Trinajstić information content (AvgIpc) is 3.26. The maximum Gasteiger partial charge on any atom is 0.243 e. The van der Waals surface area contributed by atoms with E-state index in [1.165, 1.54) is 4.31 Å². The maximum atomic E-state index is 13.0. The summed E-state index contributed by atoms with van der Waals surface area (Å²) in [5.41, 5.74) is 2.24. The van der Waals surface area contributed by atoms with Gasteiger partial charge >= 0.3 is 0 Å². The lowest BCUT2D eigenvalue weighted by molar-refractivity contribution is -0.120. The number of sulfonamides is 1. The monoisotopic (exact) mass is 466 g/mol. The fraction of sp³-hybridized carbons (Fsp3) is 0.360. The molecule has 0 atom stereocenters. The van der Waals surface area contributed by atoms with Crippen LogP contribution >= 0.6 is 0 Å². The predicted molar refractivity (Wildman–Crippen MR) is 128 cm³/mol. The van der Waals surface area contributed by atoms with Crippen LogP contribution in [0.3, 0.4) is 0 Å². The Morgan fingerprint density at radius 1 is 1.03 bits per heavy atom. The molecule has 2 heterocycles. The third-order valence-electron chi connectivity index (χ3n) is 6.09. The van der Waals surface area contributed by atoms with Gasteiger partial charge in [-0.15, -0.1) is 0 Å². The Bertz CT molecular complexity index is 1180. The Labute approximate surface area is 195 Å². The van der Waals surface area contributed by atoms with E-state index in [9.17, 15) is 13.2 Å². The number of nitrogens with one attached hydrogen (secondary N) is 1. The summed E-state index contributed by atoms with van der Waals surface area (Å²) >= 11 is 0. The third-order valence-corrected chi connectivity index (χ3v) is 8.00. The van der Waals surface area contributed by atoms with Crippen LogP contribution in [0.4, 0.5) is 5.82 Å². The first-order valence-electron chi connectivity index (χ1n) is 11.3. The van der Waals surface area contributed by atoms with Gasteiger partial charge in [-0.3, -0.25) is 9.48 Å². The minimum atomic E-state index is -3.55. The SMILES string of the molecule is CC(C)c1ccc(S(=O)(=O)N2CCC(C(=O)Nc3ccn(Cc4ccccc4)n3)CC2)cc1. The van der Waals surface area contributed by atoms with Gasteiger partial charge in [0.05, 0.1) is 11.4 Å². The minimum absolute atomic E-state index is 0.113. The molecule has 4 rings (SSSR count). The quantitative estimate of drug-likeness (QED) is 0.568. The molecule has 0 aliphatic carbocycles. The first-order valence-corrected chi connectivity index (χ1v) is 12.8. The van der Waals surface area contributed by atoms with Crippen molar-refractivity contribution in [3.05, 3.63) is 78.0 Å². The molecule has 3 aromatic rings. The van der Waals surface area contributed by atoms with Gasteiger partial charge in [-0.2, -0.15) is 9.40 Å². The molecule has 1 aliphatic heterocycles. The topological polar surface area (TPSA) is 84.3 Å². The van der Waals surface area contributed by atoms with Gasteiger partial charge in [0.1, 0.15) is 0 Å². The van der Waals surface area contributed by atoms with Crippen molar-refractivity contribution >= 4 is 21.7 Å². The summed E-state index contributed by atoms with van der Waals surface area (Å²) < 4.78 is 29.3. The van der Waals surface area contributed by atoms with Crippen molar-refractivity contribution in [3.63, 3.8) is 0 Å². The van der Waals surface area contributed by atoms with Gasteiger partial charge in [0.15, 0.2) is 5.82 Å². The van der Waals surface area contributed by atoms with Crippen molar-refractivity contribution in [1.29, 1.82) is 0 Å². The first-order chi connectivity index (χ1) is 15.8. The van der Waals surface area contributed by atoms with E-state index in [0.29, 0.717) is 49.1 Å². The van der Waals surface area contributed by atoms with Crippen LogP contribution < -0.4 is 5.32 Å². The van der Waals surface area contributed by atoms with Crippen molar-refractivity contribution in [1.82, 2.24) is 14.1 Å². The Hall–Kier alpha value is -2.97. The summed E-state index contributed by atoms with van der Waals surface area (Å²) in [6.45, 7) is 5.44. The molecule has 1 aromatic heterocycles. The molecule has 8 heteroatoms. The highest BCUT2D eigenvalue weighted by atomic mass is 32.2. The minimum Gasteiger partial charge on any atom is -0.309 e. The van der Waals surface area contributed by atoms with E-state index < -0.39 is 10.0 Å². The first kappa shape index (κ1) is 23.2. The number of amides is 1.